The molecule has 0 saturated carbocycles. The van der Waals surface area contributed by atoms with E-state index in [4.69, 9.17) is 9.26 Å². The van der Waals surface area contributed by atoms with Gasteiger partial charge in [0.05, 0.1) is 24.3 Å². The number of piperazine rings is 1. The maximum atomic E-state index is 12.8. The number of carbonyl (C=O) groups excluding carboxylic acids is 1. The summed E-state index contributed by atoms with van der Waals surface area (Å²) in [6, 6.07) is 1.97. The number of ether oxygens (including phenoxy) is 1. The molecular weight excluding hydrogens is 294 g/mol. The molecule has 3 heterocycles. The van der Waals surface area contributed by atoms with Gasteiger partial charge in [-0.2, -0.15) is 0 Å². The van der Waals surface area contributed by atoms with Gasteiger partial charge in [-0.15, -0.1) is 0 Å². The molecule has 23 heavy (non-hydrogen) atoms. The van der Waals surface area contributed by atoms with Gasteiger partial charge in [0.25, 0.3) is 0 Å². The van der Waals surface area contributed by atoms with Crippen LogP contribution in [0, 0.1) is 12.8 Å². The number of aromatic nitrogens is 1. The molecule has 1 aromatic heterocycles. The molecule has 2 atom stereocenters. The third kappa shape index (κ3) is 3.93. The number of nitrogens with zero attached hydrogens (tertiary/aromatic N) is 3. The fourth-order valence-corrected chi connectivity index (χ4v) is 3.60. The summed E-state index contributed by atoms with van der Waals surface area (Å²) in [6.07, 6.45) is 2.99. The summed E-state index contributed by atoms with van der Waals surface area (Å²) in [4.78, 5) is 17.1. The van der Waals surface area contributed by atoms with Crippen molar-refractivity contribution in [1.29, 1.82) is 0 Å². The van der Waals surface area contributed by atoms with E-state index in [-0.39, 0.29) is 17.9 Å². The monoisotopic (exact) mass is 321 g/mol. The normalized spacial score (nSPS) is 26.4. The first kappa shape index (κ1) is 16.5. The lowest BCUT2D eigenvalue weighted by Crippen LogP contribution is -2.52. The molecule has 2 aliphatic rings. The van der Waals surface area contributed by atoms with E-state index < -0.39 is 0 Å². The van der Waals surface area contributed by atoms with Crippen LogP contribution >= 0.6 is 0 Å². The molecule has 1 aromatic rings. The van der Waals surface area contributed by atoms with Crippen LogP contribution in [-0.2, 0) is 16.1 Å². The fourth-order valence-electron chi connectivity index (χ4n) is 3.60. The van der Waals surface area contributed by atoms with Crippen molar-refractivity contribution < 1.29 is 14.1 Å². The van der Waals surface area contributed by atoms with Crippen molar-refractivity contribution >= 4 is 5.91 Å². The van der Waals surface area contributed by atoms with Crippen LogP contribution in [0.15, 0.2) is 10.6 Å². The minimum atomic E-state index is 0.0530. The van der Waals surface area contributed by atoms with Crippen LogP contribution in [0.2, 0.25) is 0 Å². The molecule has 6 nitrogen and oxygen atoms in total. The van der Waals surface area contributed by atoms with E-state index >= 15 is 0 Å². The predicted molar refractivity (Wildman–Crippen MR) is 85.9 cm³/mol. The van der Waals surface area contributed by atoms with Gasteiger partial charge < -0.3 is 14.2 Å². The number of hydrogen-bond acceptors (Lipinski definition) is 5. The van der Waals surface area contributed by atoms with Crippen LogP contribution in [0.3, 0.4) is 0 Å². The van der Waals surface area contributed by atoms with Crippen molar-refractivity contribution in [2.24, 2.45) is 5.92 Å². The summed E-state index contributed by atoms with van der Waals surface area (Å²) in [7, 11) is 0. The molecule has 0 aromatic carbocycles. The van der Waals surface area contributed by atoms with Gasteiger partial charge >= 0.3 is 0 Å². The Labute approximate surface area is 137 Å². The number of carbonyl (C=O) groups is 1. The van der Waals surface area contributed by atoms with Gasteiger partial charge in [-0.1, -0.05) is 12.1 Å². The van der Waals surface area contributed by atoms with E-state index in [9.17, 15) is 4.79 Å². The van der Waals surface area contributed by atoms with Crippen molar-refractivity contribution in [3.05, 3.63) is 17.5 Å². The molecule has 0 spiro atoms. The highest BCUT2D eigenvalue weighted by Crippen LogP contribution is 2.25. The molecule has 0 bridgehead atoms. The highest BCUT2D eigenvalue weighted by molar-refractivity contribution is 5.79. The Morgan fingerprint density at radius 2 is 2.13 bits per heavy atom. The molecule has 0 aliphatic carbocycles. The van der Waals surface area contributed by atoms with Crippen LogP contribution in [0.25, 0.3) is 0 Å². The van der Waals surface area contributed by atoms with Crippen molar-refractivity contribution in [1.82, 2.24) is 15.0 Å². The van der Waals surface area contributed by atoms with E-state index in [2.05, 4.69) is 17.0 Å². The Balaban J connectivity index is 1.50. The molecule has 128 valence electrons. The minimum Gasteiger partial charge on any atom is -0.377 e. The summed E-state index contributed by atoms with van der Waals surface area (Å²) in [5.74, 6) is 1.23. The van der Waals surface area contributed by atoms with E-state index in [1.807, 2.05) is 17.9 Å². The second-order valence-corrected chi connectivity index (χ2v) is 6.60. The van der Waals surface area contributed by atoms with Crippen LogP contribution in [0.4, 0.5) is 0 Å². The first-order chi connectivity index (χ1) is 11.2. The van der Waals surface area contributed by atoms with Gasteiger partial charge in [0.2, 0.25) is 5.91 Å². The van der Waals surface area contributed by atoms with Crippen LogP contribution in [0.5, 0.6) is 0 Å². The van der Waals surface area contributed by atoms with E-state index in [0.717, 1.165) is 70.0 Å². The maximum absolute atomic E-state index is 12.8. The number of hydrogen-bond donors (Lipinski definition) is 0. The van der Waals surface area contributed by atoms with Crippen molar-refractivity contribution in [3.8, 4) is 0 Å². The topological polar surface area (TPSA) is 58.8 Å². The van der Waals surface area contributed by atoms with Gasteiger partial charge in [0.15, 0.2) is 5.76 Å². The molecular formula is C17H27N3O3. The number of aryl methyl sites for hydroxylation is 1. The van der Waals surface area contributed by atoms with Crippen LogP contribution in [0.1, 0.15) is 37.6 Å². The highest BCUT2D eigenvalue weighted by Gasteiger charge is 2.34. The fraction of sp³-hybridized carbons (Fsp3) is 0.765. The Morgan fingerprint density at radius 3 is 2.78 bits per heavy atom. The molecule has 0 radical (unpaired) electrons. The lowest BCUT2D eigenvalue weighted by atomic mass is 9.91. The Bertz CT molecular complexity index is 523. The zero-order valence-electron chi connectivity index (χ0n) is 14.2. The molecule has 3 rings (SSSR count). The summed E-state index contributed by atoms with van der Waals surface area (Å²) in [6.45, 7) is 8.96. The highest BCUT2D eigenvalue weighted by atomic mass is 16.5. The number of rotatable bonds is 4. The first-order valence-electron chi connectivity index (χ1n) is 8.72. The Morgan fingerprint density at radius 1 is 1.35 bits per heavy atom. The first-order valence-corrected chi connectivity index (χ1v) is 8.72. The largest absolute Gasteiger partial charge is 0.377 e. The number of amides is 1. The Hall–Kier alpha value is -1.40. The predicted octanol–water partition coefficient (Wildman–Crippen LogP) is 1.83. The zero-order chi connectivity index (χ0) is 16.2. The third-order valence-electron chi connectivity index (χ3n) is 4.90. The lowest BCUT2D eigenvalue weighted by molar-refractivity contribution is -0.147. The Kier molecular flexibility index (Phi) is 5.33. The summed E-state index contributed by atoms with van der Waals surface area (Å²) in [5.41, 5.74) is 0.914. The average molecular weight is 321 g/mol. The second-order valence-electron chi connectivity index (χ2n) is 6.60. The zero-order valence-corrected chi connectivity index (χ0v) is 14.2. The van der Waals surface area contributed by atoms with E-state index in [1.54, 1.807) is 0 Å². The van der Waals surface area contributed by atoms with Crippen LogP contribution < -0.4 is 0 Å². The van der Waals surface area contributed by atoms with Gasteiger partial charge in [-0.3, -0.25) is 9.69 Å². The van der Waals surface area contributed by atoms with Gasteiger partial charge in [-0.25, -0.2) is 0 Å². The van der Waals surface area contributed by atoms with Crippen molar-refractivity contribution in [3.63, 3.8) is 0 Å². The summed E-state index contributed by atoms with van der Waals surface area (Å²) >= 11 is 0. The SMILES string of the molecule is CC[C@H]1OCCC[C@@H]1C(=O)N1CCN(Cc2cc(C)no2)CC1. The summed E-state index contributed by atoms with van der Waals surface area (Å²) < 4.78 is 11.1. The molecule has 1 amide bonds. The van der Waals surface area contributed by atoms with E-state index in [0.29, 0.717) is 0 Å². The van der Waals surface area contributed by atoms with Crippen molar-refractivity contribution in [2.45, 2.75) is 45.8 Å². The molecule has 0 unspecified atom stereocenters. The molecule has 2 saturated heterocycles. The van der Waals surface area contributed by atoms with Crippen LogP contribution in [-0.4, -0.2) is 59.8 Å². The lowest BCUT2D eigenvalue weighted by Gasteiger charge is -2.38. The van der Waals surface area contributed by atoms with E-state index in [1.165, 1.54) is 0 Å². The molecule has 0 N–H and O–H groups in total. The quantitative estimate of drug-likeness (QED) is 0.847. The summed E-state index contributed by atoms with van der Waals surface area (Å²) in [5, 5.41) is 3.92. The average Bonchev–Trinajstić information content (AvgIpc) is 3.00. The maximum Gasteiger partial charge on any atom is 0.228 e. The standard InChI is InChI=1S/C17H27N3O3/c1-3-16-15(5-4-10-22-16)17(21)20-8-6-19(7-9-20)12-14-11-13(2)18-23-14/h11,15-16H,3-10,12H2,1-2H3/t15-,16+/m0/s1. The van der Waals surface area contributed by atoms with Gasteiger partial charge in [-0.05, 0) is 26.2 Å². The minimum absolute atomic E-state index is 0.0530. The second kappa shape index (κ2) is 7.45. The van der Waals surface area contributed by atoms with Gasteiger partial charge in [0, 0.05) is 38.9 Å². The molecule has 2 aliphatic heterocycles. The third-order valence-corrected chi connectivity index (χ3v) is 4.90. The van der Waals surface area contributed by atoms with Crippen molar-refractivity contribution in [2.75, 3.05) is 32.8 Å². The smallest absolute Gasteiger partial charge is 0.228 e. The molecule has 6 heteroatoms. The molecule has 2 fully saturated rings. The van der Waals surface area contributed by atoms with Gasteiger partial charge in [0.1, 0.15) is 0 Å².